The van der Waals surface area contributed by atoms with Gasteiger partial charge in [0.15, 0.2) is 0 Å². The second kappa shape index (κ2) is 7.40. The molecule has 1 heterocycles. The lowest BCUT2D eigenvalue weighted by atomic mass is 10.2. The first-order chi connectivity index (χ1) is 12.0. The number of hydrogen-bond acceptors (Lipinski definition) is 3. The van der Waals surface area contributed by atoms with Crippen molar-refractivity contribution in [1.82, 2.24) is 5.32 Å². The molecule has 1 aliphatic rings. The van der Waals surface area contributed by atoms with Gasteiger partial charge in [0.1, 0.15) is 11.9 Å². The topological polar surface area (TPSA) is 70.7 Å². The zero-order valence-corrected chi connectivity index (χ0v) is 13.8. The highest BCUT2D eigenvalue weighted by molar-refractivity contribution is 6.30. The first-order valence-corrected chi connectivity index (χ1v) is 7.93. The fraction of sp³-hybridized carbons (Fsp3) is 0.176. The van der Waals surface area contributed by atoms with E-state index in [-0.39, 0.29) is 13.1 Å². The molecule has 0 bridgehead atoms. The zero-order chi connectivity index (χ0) is 17.8. The Bertz CT molecular complexity index is 785. The van der Waals surface area contributed by atoms with Gasteiger partial charge >= 0.3 is 12.1 Å². The number of carbonyl (C=O) groups is 2. The van der Waals surface area contributed by atoms with Crippen molar-refractivity contribution >= 4 is 35.1 Å². The molecule has 0 radical (unpaired) electrons. The number of urea groups is 1. The fourth-order valence-corrected chi connectivity index (χ4v) is 2.52. The summed E-state index contributed by atoms with van der Waals surface area (Å²) < 4.78 is 18.5. The van der Waals surface area contributed by atoms with Crippen LogP contribution in [0, 0.1) is 5.82 Å². The van der Waals surface area contributed by atoms with Crippen LogP contribution in [-0.4, -0.2) is 31.3 Å². The number of carbonyl (C=O) groups excluding carboxylic acids is 2. The molecule has 3 rings (SSSR count). The molecule has 0 aromatic heterocycles. The average Bonchev–Trinajstić information content (AvgIpc) is 2.96. The molecule has 2 aromatic carbocycles. The first kappa shape index (κ1) is 17.0. The van der Waals surface area contributed by atoms with Crippen LogP contribution in [0.15, 0.2) is 48.5 Å². The van der Waals surface area contributed by atoms with Gasteiger partial charge in [0.2, 0.25) is 0 Å². The largest absolute Gasteiger partial charge is 0.442 e. The smallest absolute Gasteiger partial charge is 0.414 e. The van der Waals surface area contributed by atoms with E-state index in [0.29, 0.717) is 16.4 Å². The summed E-state index contributed by atoms with van der Waals surface area (Å²) in [7, 11) is 0. The van der Waals surface area contributed by atoms with Gasteiger partial charge in [0, 0.05) is 10.7 Å². The summed E-state index contributed by atoms with van der Waals surface area (Å²) in [6, 6.07) is 11.9. The summed E-state index contributed by atoms with van der Waals surface area (Å²) >= 11 is 5.78. The number of ether oxygens (including phenoxy) is 1. The predicted molar refractivity (Wildman–Crippen MR) is 92.5 cm³/mol. The van der Waals surface area contributed by atoms with Gasteiger partial charge in [-0.25, -0.2) is 14.0 Å². The summed E-state index contributed by atoms with van der Waals surface area (Å²) in [6.07, 6.45) is -1.10. The Kier molecular flexibility index (Phi) is 5.04. The molecule has 1 atom stereocenters. The van der Waals surface area contributed by atoms with E-state index in [1.807, 2.05) is 0 Å². The van der Waals surface area contributed by atoms with Crippen LogP contribution < -0.4 is 15.5 Å². The number of benzene rings is 2. The molecule has 8 heteroatoms. The summed E-state index contributed by atoms with van der Waals surface area (Å²) in [4.78, 5) is 25.1. The van der Waals surface area contributed by atoms with Gasteiger partial charge in [-0.15, -0.1) is 0 Å². The van der Waals surface area contributed by atoms with Crippen LogP contribution in [0.1, 0.15) is 0 Å². The van der Waals surface area contributed by atoms with Gasteiger partial charge in [-0.3, -0.25) is 4.90 Å². The van der Waals surface area contributed by atoms with E-state index in [1.165, 1.54) is 23.1 Å². The van der Waals surface area contributed by atoms with E-state index in [2.05, 4.69) is 10.6 Å². The number of anilines is 2. The quantitative estimate of drug-likeness (QED) is 0.871. The van der Waals surface area contributed by atoms with Gasteiger partial charge in [0.05, 0.1) is 18.8 Å². The maximum Gasteiger partial charge on any atom is 0.414 e. The number of cyclic esters (lactones) is 1. The third kappa shape index (κ3) is 4.39. The summed E-state index contributed by atoms with van der Waals surface area (Å²) in [5, 5.41) is 5.84. The molecular formula is C17H15ClFN3O3. The fourth-order valence-electron chi connectivity index (χ4n) is 2.40. The van der Waals surface area contributed by atoms with Crippen molar-refractivity contribution in [3.63, 3.8) is 0 Å². The molecule has 2 aromatic rings. The lowest BCUT2D eigenvalue weighted by Gasteiger charge is -2.13. The molecule has 1 aliphatic heterocycles. The first-order valence-electron chi connectivity index (χ1n) is 7.55. The molecule has 130 valence electrons. The van der Waals surface area contributed by atoms with Crippen molar-refractivity contribution in [2.45, 2.75) is 6.10 Å². The summed E-state index contributed by atoms with van der Waals surface area (Å²) in [5.74, 6) is -0.436. The second-order valence-corrected chi connectivity index (χ2v) is 5.87. The molecule has 0 aliphatic carbocycles. The molecule has 6 nitrogen and oxygen atoms in total. The number of amides is 3. The minimum Gasteiger partial charge on any atom is -0.442 e. The van der Waals surface area contributed by atoms with Gasteiger partial charge in [-0.2, -0.15) is 0 Å². The molecule has 1 fully saturated rings. The van der Waals surface area contributed by atoms with Crippen molar-refractivity contribution in [3.8, 4) is 0 Å². The standard InChI is InChI=1S/C17H15ClFN3O3/c18-11-4-6-13(7-5-11)21-16(23)20-9-15-10-22(17(24)25-15)14-3-1-2-12(19)8-14/h1-8,15H,9-10H2,(H2,20,21,23). The van der Waals surface area contributed by atoms with Crippen LogP contribution >= 0.6 is 11.6 Å². The molecule has 0 spiro atoms. The maximum atomic E-state index is 13.3. The van der Waals surface area contributed by atoms with Crippen LogP contribution in [0.2, 0.25) is 5.02 Å². The van der Waals surface area contributed by atoms with Crippen LogP contribution in [0.4, 0.5) is 25.4 Å². The van der Waals surface area contributed by atoms with E-state index in [1.54, 1.807) is 30.3 Å². The van der Waals surface area contributed by atoms with Crippen molar-refractivity contribution in [3.05, 3.63) is 59.4 Å². The van der Waals surface area contributed by atoms with Crippen LogP contribution in [-0.2, 0) is 4.74 Å². The maximum absolute atomic E-state index is 13.3. The molecule has 0 saturated carbocycles. The Balaban J connectivity index is 1.51. The lowest BCUT2D eigenvalue weighted by molar-refractivity contribution is 0.141. The van der Waals surface area contributed by atoms with E-state index < -0.39 is 24.0 Å². The number of nitrogens with one attached hydrogen (secondary N) is 2. The van der Waals surface area contributed by atoms with Crippen molar-refractivity contribution < 1.29 is 18.7 Å². The van der Waals surface area contributed by atoms with Crippen LogP contribution in [0.3, 0.4) is 0 Å². The predicted octanol–water partition coefficient (Wildman–Crippen LogP) is 3.63. The minimum absolute atomic E-state index is 0.136. The summed E-state index contributed by atoms with van der Waals surface area (Å²) in [5.41, 5.74) is 1.00. The highest BCUT2D eigenvalue weighted by Crippen LogP contribution is 2.22. The second-order valence-electron chi connectivity index (χ2n) is 5.44. The molecule has 1 unspecified atom stereocenters. The molecule has 25 heavy (non-hydrogen) atoms. The number of halogens is 2. The van der Waals surface area contributed by atoms with Gasteiger partial charge in [-0.05, 0) is 42.5 Å². The Hall–Kier alpha value is -2.80. The third-order valence-corrected chi connectivity index (χ3v) is 3.84. The Morgan fingerprint density at radius 1 is 1.28 bits per heavy atom. The van der Waals surface area contributed by atoms with Crippen LogP contribution in [0.25, 0.3) is 0 Å². The molecular weight excluding hydrogens is 349 g/mol. The number of nitrogens with zero attached hydrogens (tertiary/aromatic N) is 1. The highest BCUT2D eigenvalue weighted by atomic mass is 35.5. The van der Waals surface area contributed by atoms with Gasteiger partial charge in [-0.1, -0.05) is 17.7 Å². The molecule has 1 saturated heterocycles. The van der Waals surface area contributed by atoms with Crippen molar-refractivity contribution in [2.24, 2.45) is 0 Å². The Morgan fingerprint density at radius 3 is 2.76 bits per heavy atom. The Labute approximate surface area is 148 Å². The van der Waals surface area contributed by atoms with Gasteiger partial charge < -0.3 is 15.4 Å². The number of rotatable bonds is 4. The van der Waals surface area contributed by atoms with E-state index in [9.17, 15) is 14.0 Å². The normalized spacial score (nSPS) is 16.5. The number of hydrogen-bond donors (Lipinski definition) is 2. The molecule has 2 N–H and O–H groups in total. The van der Waals surface area contributed by atoms with Crippen molar-refractivity contribution in [1.29, 1.82) is 0 Å². The Morgan fingerprint density at radius 2 is 2.04 bits per heavy atom. The van der Waals surface area contributed by atoms with Crippen LogP contribution in [0.5, 0.6) is 0 Å². The zero-order valence-electron chi connectivity index (χ0n) is 13.0. The minimum atomic E-state index is -0.574. The lowest BCUT2D eigenvalue weighted by Crippen LogP contribution is -2.37. The average molecular weight is 364 g/mol. The van der Waals surface area contributed by atoms with E-state index in [4.69, 9.17) is 16.3 Å². The SMILES string of the molecule is O=C(NCC1CN(c2cccc(F)c2)C(=O)O1)Nc1ccc(Cl)cc1. The van der Waals surface area contributed by atoms with Crippen molar-refractivity contribution in [2.75, 3.05) is 23.3 Å². The van der Waals surface area contributed by atoms with Gasteiger partial charge in [0.25, 0.3) is 0 Å². The van der Waals surface area contributed by atoms with E-state index in [0.717, 1.165) is 0 Å². The third-order valence-electron chi connectivity index (χ3n) is 3.59. The van der Waals surface area contributed by atoms with E-state index >= 15 is 0 Å². The summed E-state index contributed by atoms with van der Waals surface area (Å²) in [6.45, 7) is 0.362. The monoisotopic (exact) mass is 363 g/mol. The highest BCUT2D eigenvalue weighted by Gasteiger charge is 2.32. The molecule has 3 amide bonds.